The minimum absolute atomic E-state index is 0.0933. The van der Waals surface area contributed by atoms with Gasteiger partial charge >= 0.3 is 11.9 Å². The lowest BCUT2D eigenvalue weighted by molar-refractivity contribution is -0.303. The van der Waals surface area contributed by atoms with Gasteiger partial charge in [0.25, 0.3) is 0 Å². The van der Waals surface area contributed by atoms with Crippen molar-refractivity contribution in [3.63, 3.8) is 0 Å². The molecule has 0 unspecified atom stereocenters. The monoisotopic (exact) mass is 244 g/mol. The molecule has 0 aromatic rings. The summed E-state index contributed by atoms with van der Waals surface area (Å²) in [6.45, 7) is 2.82. The van der Waals surface area contributed by atoms with Gasteiger partial charge in [-0.25, -0.2) is 9.59 Å². The third-order valence-corrected chi connectivity index (χ3v) is 1.48. The quantitative estimate of drug-likeness (QED) is 0.247. The molecule has 0 aromatic heterocycles. The van der Waals surface area contributed by atoms with Crippen molar-refractivity contribution in [2.45, 2.75) is 13.8 Å². The van der Waals surface area contributed by atoms with Gasteiger partial charge in [-0.2, -0.15) is 0 Å². The lowest BCUT2D eigenvalue weighted by Crippen LogP contribution is -2.33. The van der Waals surface area contributed by atoms with Crippen molar-refractivity contribution in [1.29, 1.82) is 0 Å². The van der Waals surface area contributed by atoms with Crippen LogP contribution in [0.1, 0.15) is 13.8 Å². The van der Waals surface area contributed by atoms with Gasteiger partial charge in [-0.1, -0.05) is 0 Å². The fourth-order valence-corrected chi connectivity index (χ4v) is 0.855. The van der Waals surface area contributed by atoms with Gasteiger partial charge in [-0.3, -0.25) is 0 Å². The zero-order chi connectivity index (χ0) is 13.3. The molecular formula is C10H14NO6-. The van der Waals surface area contributed by atoms with Crippen LogP contribution >= 0.6 is 0 Å². The molecule has 96 valence electrons. The third-order valence-electron chi connectivity index (χ3n) is 1.48. The Morgan fingerprint density at radius 3 is 1.94 bits per heavy atom. The second kappa shape index (κ2) is 8.14. The van der Waals surface area contributed by atoms with Crippen molar-refractivity contribution in [3.8, 4) is 0 Å². The first-order valence-electron chi connectivity index (χ1n) is 5.00. The first-order chi connectivity index (χ1) is 8.02. The summed E-state index contributed by atoms with van der Waals surface area (Å²) in [6.07, 6.45) is 0.936. The number of rotatable bonds is 7. The number of carboxylic acid groups (broad SMARTS) is 1. The number of carbonyl (C=O) groups excluding carboxylic acids is 3. The van der Waals surface area contributed by atoms with Crippen molar-refractivity contribution in [2.75, 3.05) is 19.8 Å². The molecular weight excluding hydrogens is 230 g/mol. The molecule has 0 aliphatic rings. The Hall–Kier alpha value is -2.05. The van der Waals surface area contributed by atoms with E-state index in [4.69, 9.17) is 0 Å². The molecule has 1 N–H and O–H groups in total. The number of ether oxygens (including phenoxy) is 2. The largest absolute Gasteiger partial charge is 0.548 e. The first kappa shape index (κ1) is 14.9. The maximum absolute atomic E-state index is 11.3. The van der Waals surface area contributed by atoms with E-state index in [1.54, 1.807) is 13.8 Å². The minimum Gasteiger partial charge on any atom is -0.548 e. The van der Waals surface area contributed by atoms with Crippen LogP contribution in [0.25, 0.3) is 0 Å². The lowest BCUT2D eigenvalue weighted by Gasteiger charge is -2.07. The summed E-state index contributed by atoms with van der Waals surface area (Å²) in [6, 6.07) is 0. The first-order valence-corrected chi connectivity index (χ1v) is 5.00. The fourth-order valence-electron chi connectivity index (χ4n) is 0.855. The minimum atomic E-state index is -1.37. The highest BCUT2D eigenvalue weighted by molar-refractivity contribution is 6.13. The summed E-state index contributed by atoms with van der Waals surface area (Å²) >= 11 is 0. The molecule has 0 amide bonds. The van der Waals surface area contributed by atoms with Crippen LogP contribution in [0.2, 0.25) is 0 Å². The van der Waals surface area contributed by atoms with Gasteiger partial charge < -0.3 is 24.7 Å². The molecule has 0 aliphatic heterocycles. The van der Waals surface area contributed by atoms with E-state index in [0.29, 0.717) is 0 Å². The number of aliphatic carboxylic acids is 1. The Morgan fingerprint density at radius 2 is 1.59 bits per heavy atom. The van der Waals surface area contributed by atoms with E-state index in [9.17, 15) is 19.5 Å². The predicted octanol–water partition coefficient (Wildman–Crippen LogP) is -1.66. The average molecular weight is 244 g/mol. The Bertz CT molecular complexity index is 303. The van der Waals surface area contributed by atoms with Gasteiger partial charge in [0, 0.05) is 6.20 Å². The van der Waals surface area contributed by atoms with Gasteiger partial charge in [0.2, 0.25) is 0 Å². The number of nitrogens with one attached hydrogen (secondary N) is 1. The Morgan fingerprint density at radius 1 is 1.12 bits per heavy atom. The van der Waals surface area contributed by atoms with E-state index in [1.165, 1.54) is 0 Å². The summed E-state index contributed by atoms with van der Waals surface area (Å²) < 4.78 is 9.24. The molecule has 0 saturated carbocycles. The highest BCUT2D eigenvalue weighted by Gasteiger charge is 2.20. The van der Waals surface area contributed by atoms with Crippen LogP contribution < -0.4 is 10.4 Å². The SMILES string of the molecule is CCOC(=O)C(=CNCC(=O)[O-])C(=O)OCC. The molecule has 7 nitrogen and oxygen atoms in total. The normalized spacial score (nSPS) is 9.06. The molecule has 0 fully saturated rings. The van der Waals surface area contributed by atoms with E-state index in [0.717, 1.165) is 6.20 Å². The second-order valence-electron chi connectivity index (χ2n) is 2.75. The van der Waals surface area contributed by atoms with E-state index in [1.807, 2.05) is 0 Å². The molecule has 0 bridgehead atoms. The highest BCUT2D eigenvalue weighted by Crippen LogP contribution is 2.00. The molecule has 0 saturated heterocycles. The van der Waals surface area contributed by atoms with Gasteiger partial charge in [-0.15, -0.1) is 0 Å². The van der Waals surface area contributed by atoms with E-state index >= 15 is 0 Å². The summed E-state index contributed by atoms with van der Waals surface area (Å²) in [5.74, 6) is -3.12. The molecule has 0 atom stereocenters. The van der Waals surface area contributed by atoms with E-state index < -0.39 is 30.0 Å². The van der Waals surface area contributed by atoms with Gasteiger partial charge in [0.15, 0.2) is 5.57 Å². The summed E-state index contributed by atoms with van der Waals surface area (Å²) in [5, 5.41) is 12.4. The summed E-state index contributed by atoms with van der Waals surface area (Å²) in [4.78, 5) is 32.8. The molecule has 0 aliphatic carbocycles. The molecule has 0 rings (SSSR count). The molecule has 0 spiro atoms. The number of carboxylic acids is 1. The van der Waals surface area contributed by atoms with Crippen LogP contribution in [0, 0.1) is 0 Å². The predicted molar refractivity (Wildman–Crippen MR) is 54.4 cm³/mol. The van der Waals surface area contributed by atoms with E-state index in [2.05, 4.69) is 14.8 Å². The van der Waals surface area contributed by atoms with E-state index in [-0.39, 0.29) is 13.2 Å². The maximum atomic E-state index is 11.3. The fraction of sp³-hybridized carbons (Fsp3) is 0.500. The zero-order valence-electron chi connectivity index (χ0n) is 9.65. The molecule has 0 radical (unpaired) electrons. The third kappa shape index (κ3) is 6.18. The Kier molecular flexibility index (Phi) is 7.16. The van der Waals surface area contributed by atoms with Crippen molar-refractivity contribution in [2.24, 2.45) is 0 Å². The molecule has 17 heavy (non-hydrogen) atoms. The second-order valence-corrected chi connectivity index (χ2v) is 2.75. The van der Waals surface area contributed by atoms with Crippen LogP contribution in [0.5, 0.6) is 0 Å². The van der Waals surface area contributed by atoms with Crippen LogP contribution in [0.15, 0.2) is 11.8 Å². The smallest absolute Gasteiger partial charge is 0.347 e. The van der Waals surface area contributed by atoms with Gasteiger partial charge in [0.1, 0.15) is 0 Å². The van der Waals surface area contributed by atoms with Gasteiger partial charge in [0.05, 0.1) is 25.7 Å². The summed E-state index contributed by atoms with van der Waals surface area (Å²) in [7, 11) is 0. The molecule has 7 heteroatoms. The summed E-state index contributed by atoms with van der Waals surface area (Å²) in [5.41, 5.74) is -0.394. The van der Waals surface area contributed by atoms with Crippen molar-refractivity contribution in [3.05, 3.63) is 11.8 Å². The van der Waals surface area contributed by atoms with Gasteiger partial charge in [-0.05, 0) is 13.8 Å². The van der Waals surface area contributed by atoms with Crippen molar-refractivity contribution >= 4 is 17.9 Å². The Balaban J connectivity index is 4.65. The van der Waals surface area contributed by atoms with Crippen LogP contribution in [0.3, 0.4) is 0 Å². The van der Waals surface area contributed by atoms with Crippen molar-refractivity contribution < 1.29 is 29.0 Å². The van der Waals surface area contributed by atoms with Crippen LogP contribution in [-0.2, 0) is 23.9 Å². The zero-order valence-corrected chi connectivity index (χ0v) is 9.65. The molecule has 0 heterocycles. The highest BCUT2D eigenvalue weighted by atomic mass is 16.6. The number of hydrogen-bond acceptors (Lipinski definition) is 7. The number of esters is 2. The molecule has 0 aromatic carbocycles. The maximum Gasteiger partial charge on any atom is 0.347 e. The lowest BCUT2D eigenvalue weighted by atomic mass is 10.3. The van der Waals surface area contributed by atoms with Crippen LogP contribution in [-0.4, -0.2) is 37.7 Å². The average Bonchev–Trinajstić information content (AvgIpc) is 2.24. The Labute approximate surface area is 98.4 Å². The van der Waals surface area contributed by atoms with Crippen LogP contribution in [0.4, 0.5) is 0 Å². The standard InChI is InChI=1S/C10H15NO6/c1-3-16-9(14)7(10(15)17-4-2)5-11-6-8(12)13/h5,11H,3-4,6H2,1-2H3,(H,12,13)/p-1. The topological polar surface area (TPSA) is 105 Å². The van der Waals surface area contributed by atoms with Crippen molar-refractivity contribution in [1.82, 2.24) is 5.32 Å². The number of hydrogen-bond donors (Lipinski definition) is 1. The number of carbonyl (C=O) groups is 3.